The fraction of sp³-hybridized carbons (Fsp3) is 0.273. The largest absolute Gasteiger partial charge is 0.480 e. The van der Waals surface area contributed by atoms with Crippen molar-refractivity contribution in [1.29, 1.82) is 0 Å². The molecule has 0 aliphatic rings. The summed E-state index contributed by atoms with van der Waals surface area (Å²) in [6.45, 7) is 0. The van der Waals surface area contributed by atoms with Crippen molar-refractivity contribution in [2.24, 2.45) is 0 Å². The minimum Gasteiger partial charge on any atom is -0.480 e. The summed E-state index contributed by atoms with van der Waals surface area (Å²) >= 11 is 0. The summed E-state index contributed by atoms with van der Waals surface area (Å²) in [6, 6.07) is 3.49. The number of hydrogen-bond acceptors (Lipinski definition) is 6. The van der Waals surface area contributed by atoms with Crippen LogP contribution in [0.3, 0.4) is 0 Å². The Labute approximate surface area is 99.1 Å². The van der Waals surface area contributed by atoms with E-state index in [4.69, 9.17) is 4.74 Å². The highest BCUT2D eigenvalue weighted by Crippen LogP contribution is 2.17. The van der Waals surface area contributed by atoms with Crippen LogP contribution in [-0.2, 0) is 0 Å². The molecule has 1 atom stereocenters. The topological polar surface area (TPSA) is 72.8 Å². The Morgan fingerprint density at radius 3 is 2.59 bits per heavy atom. The molecule has 2 heterocycles. The second-order valence-corrected chi connectivity index (χ2v) is 3.35. The van der Waals surface area contributed by atoms with E-state index in [1.165, 1.54) is 0 Å². The number of nitrogens with one attached hydrogen (secondary N) is 1. The van der Waals surface area contributed by atoms with Crippen LogP contribution in [0.15, 0.2) is 30.7 Å². The van der Waals surface area contributed by atoms with Crippen molar-refractivity contribution in [2.75, 3.05) is 14.2 Å². The lowest BCUT2D eigenvalue weighted by Gasteiger charge is -2.13. The van der Waals surface area contributed by atoms with E-state index in [9.17, 15) is 0 Å². The van der Waals surface area contributed by atoms with Crippen molar-refractivity contribution >= 4 is 0 Å². The number of ether oxygens (including phenoxy) is 1. The molecule has 0 aliphatic carbocycles. The maximum absolute atomic E-state index is 4.97. The molecule has 0 bridgehead atoms. The van der Waals surface area contributed by atoms with Gasteiger partial charge in [0.1, 0.15) is 0 Å². The number of nitrogens with zero attached hydrogens (tertiary/aromatic N) is 4. The second kappa shape index (κ2) is 5.31. The Hall–Kier alpha value is -2.08. The van der Waals surface area contributed by atoms with Gasteiger partial charge in [0, 0.05) is 18.5 Å². The maximum Gasteiger partial charge on any atom is 0.233 e. The van der Waals surface area contributed by atoms with E-state index in [1.807, 2.05) is 13.1 Å². The van der Waals surface area contributed by atoms with Crippen molar-refractivity contribution in [2.45, 2.75) is 6.04 Å². The Balaban J connectivity index is 2.29. The zero-order valence-electron chi connectivity index (χ0n) is 9.66. The molecule has 1 unspecified atom stereocenters. The highest BCUT2D eigenvalue weighted by Gasteiger charge is 2.15. The summed E-state index contributed by atoms with van der Waals surface area (Å²) < 4.78 is 4.97. The van der Waals surface area contributed by atoms with Gasteiger partial charge in [0.15, 0.2) is 0 Å². The molecule has 17 heavy (non-hydrogen) atoms. The molecule has 2 rings (SSSR count). The normalized spacial score (nSPS) is 12.1. The van der Waals surface area contributed by atoms with Gasteiger partial charge in [-0.2, -0.15) is 0 Å². The van der Waals surface area contributed by atoms with E-state index in [2.05, 4.69) is 25.5 Å². The molecular formula is C11H13N5O. The summed E-state index contributed by atoms with van der Waals surface area (Å²) in [4.78, 5) is 8.28. The fourth-order valence-corrected chi connectivity index (χ4v) is 1.50. The van der Waals surface area contributed by atoms with Gasteiger partial charge in [-0.25, -0.2) is 0 Å². The van der Waals surface area contributed by atoms with Gasteiger partial charge in [0.05, 0.1) is 30.7 Å². The van der Waals surface area contributed by atoms with Crippen LogP contribution in [0.1, 0.15) is 17.4 Å². The molecule has 2 aromatic heterocycles. The zero-order valence-corrected chi connectivity index (χ0v) is 9.66. The van der Waals surface area contributed by atoms with E-state index in [-0.39, 0.29) is 6.04 Å². The van der Waals surface area contributed by atoms with Crippen molar-refractivity contribution < 1.29 is 4.74 Å². The Kier molecular flexibility index (Phi) is 3.56. The Morgan fingerprint density at radius 1 is 1.18 bits per heavy atom. The first-order valence-corrected chi connectivity index (χ1v) is 5.16. The molecule has 0 saturated heterocycles. The lowest BCUT2D eigenvalue weighted by Crippen LogP contribution is -2.20. The molecule has 0 radical (unpaired) electrons. The van der Waals surface area contributed by atoms with Crippen LogP contribution < -0.4 is 10.1 Å². The molecule has 0 aliphatic heterocycles. The Morgan fingerprint density at radius 2 is 2.06 bits per heavy atom. The molecule has 0 spiro atoms. The lowest BCUT2D eigenvalue weighted by molar-refractivity contribution is 0.390. The predicted molar refractivity (Wildman–Crippen MR) is 61.5 cm³/mol. The highest BCUT2D eigenvalue weighted by molar-refractivity contribution is 5.21. The van der Waals surface area contributed by atoms with Gasteiger partial charge in [0.2, 0.25) is 5.88 Å². The van der Waals surface area contributed by atoms with Crippen LogP contribution in [0.5, 0.6) is 5.88 Å². The van der Waals surface area contributed by atoms with Crippen LogP contribution in [0.25, 0.3) is 0 Å². The van der Waals surface area contributed by atoms with Crippen molar-refractivity contribution in [1.82, 2.24) is 25.5 Å². The molecule has 0 amide bonds. The van der Waals surface area contributed by atoms with Crippen LogP contribution >= 0.6 is 0 Å². The summed E-state index contributed by atoms with van der Waals surface area (Å²) in [6.07, 6.45) is 4.99. The molecule has 0 aromatic carbocycles. The van der Waals surface area contributed by atoms with Crippen LogP contribution in [0.2, 0.25) is 0 Å². The van der Waals surface area contributed by atoms with E-state index in [0.717, 1.165) is 11.4 Å². The molecule has 2 aromatic rings. The van der Waals surface area contributed by atoms with E-state index in [1.54, 1.807) is 31.8 Å². The first kappa shape index (κ1) is 11.4. The van der Waals surface area contributed by atoms with Crippen molar-refractivity contribution in [3.63, 3.8) is 0 Å². The molecule has 88 valence electrons. The van der Waals surface area contributed by atoms with E-state index in [0.29, 0.717) is 5.88 Å². The number of rotatable bonds is 4. The van der Waals surface area contributed by atoms with E-state index < -0.39 is 0 Å². The van der Waals surface area contributed by atoms with Gasteiger partial charge in [-0.05, 0) is 13.1 Å². The van der Waals surface area contributed by atoms with Crippen molar-refractivity contribution in [3.8, 4) is 5.88 Å². The minimum atomic E-state index is -0.123. The summed E-state index contributed by atoms with van der Waals surface area (Å²) in [5.41, 5.74) is 1.57. The first-order valence-electron chi connectivity index (χ1n) is 5.16. The van der Waals surface area contributed by atoms with Gasteiger partial charge < -0.3 is 10.1 Å². The maximum atomic E-state index is 4.97. The van der Waals surface area contributed by atoms with Crippen LogP contribution in [0, 0.1) is 0 Å². The average molecular weight is 231 g/mol. The second-order valence-electron chi connectivity index (χ2n) is 3.35. The zero-order chi connectivity index (χ0) is 12.1. The van der Waals surface area contributed by atoms with Gasteiger partial charge in [-0.1, -0.05) is 0 Å². The van der Waals surface area contributed by atoms with E-state index >= 15 is 0 Å². The smallest absolute Gasteiger partial charge is 0.233 e. The summed E-state index contributed by atoms with van der Waals surface area (Å²) in [7, 11) is 3.40. The van der Waals surface area contributed by atoms with Gasteiger partial charge in [-0.15, -0.1) is 10.2 Å². The van der Waals surface area contributed by atoms with Gasteiger partial charge >= 0.3 is 0 Å². The molecule has 1 N–H and O–H groups in total. The standard InChI is InChI=1S/C11H13N5O/c1-12-11(9-7-13-5-6-14-9)8-3-4-10(17-2)16-15-8/h3-7,11-12H,1-2H3. The van der Waals surface area contributed by atoms with Crippen LogP contribution in [-0.4, -0.2) is 34.3 Å². The third-order valence-corrected chi connectivity index (χ3v) is 2.33. The van der Waals surface area contributed by atoms with Gasteiger partial charge in [-0.3, -0.25) is 9.97 Å². The molecule has 0 fully saturated rings. The summed E-state index contributed by atoms with van der Waals surface area (Å²) in [5.74, 6) is 0.489. The molecule has 6 nitrogen and oxygen atoms in total. The monoisotopic (exact) mass is 231 g/mol. The van der Waals surface area contributed by atoms with Crippen molar-refractivity contribution in [3.05, 3.63) is 42.1 Å². The van der Waals surface area contributed by atoms with Gasteiger partial charge in [0.25, 0.3) is 0 Å². The third-order valence-electron chi connectivity index (χ3n) is 2.33. The molecule has 0 saturated carbocycles. The highest BCUT2D eigenvalue weighted by atomic mass is 16.5. The first-order chi connectivity index (χ1) is 8.35. The molecule has 6 heteroatoms. The number of hydrogen-bond donors (Lipinski definition) is 1. The lowest BCUT2D eigenvalue weighted by atomic mass is 10.1. The Bertz CT molecular complexity index is 459. The predicted octanol–water partition coefficient (Wildman–Crippen LogP) is 0.584. The quantitative estimate of drug-likeness (QED) is 0.830. The average Bonchev–Trinajstić information content (AvgIpc) is 2.42. The fourth-order valence-electron chi connectivity index (χ4n) is 1.50. The number of aromatic nitrogens is 4. The molecular weight excluding hydrogens is 218 g/mol. The van der Waals surface area contributed by atoms with Crippen LogP contribution in [0.4, 0.5) is 0 Å². The third kappa shape index (κ3) is 2.54. The SMILES string of the molecule is CNC(c1cnccn1)c1ccc(OC)nn1. The number of methoxy groups -OCH3 is 1. The summed E-state index contributed by atoms with van der Waals surface area (Å²) in [5, 5.41) is 11.1. The minimum absolute atomic E-state index is 0.123.